The first-order valence-corrected chi connectivity index (χ1v) is 7.72. The number of carbonyl (C=O) groups is 1. The number of nitrogens with zero attached hydrogens (tertiary/aromatic N) is 1. The molecule has 4 nitrogen and oxygen atoms in total. The van der Waals surface area contributed by atoms with E-state index >= 15 is 0 Å². The van der Waals surface area contributed by atoms with Crippen molar-refractivity contribution in [2.75, 3.05) is 13.1 Å². The van der Waals surface area contributed by atoms with Crippen LogP contribution in [-0.4, -0.2) is 29.1 Å². The molecule has 2 aromatic rings. The zero-order valence-electron chi connectivity index (χ0n) is 12.5. The Hall–Kier alpha value is -2.20. The largest absolute Gasteiger partial charge is 0.478 e. The van der Waals surface area contributed by atoms with Crippen molar-refractivity contribution in [1.29, 1.82) is 0 Å². The van der Waals surface area contributed by atoms with Gasteiger partial charge in [0.2, 0.25) is 0 Å². The Morgan fingerprint density at radius 1 is 1.09 bits per heavy atom. The maximum atomic E-state index is 10.9. The molecule has 2 N–H and O–H groups in total. The lowest BCUT2D eigenvalue weighted by Gasteiger charge is -2.22. The molecule has 0 aliphatic carbocycles. The highest BCUT2D eigenvalue weighted by atomic mass is 16.4. The number of hydrogen-bond donors (Lipinski definition) is 2. The van der Waals surface area contributed by atoms with E-state index in [1.807, 2.05) is 18.3 Å². The van der Waals surface area contributed by atoms with Crippen molar-refractivity contribution in [3.05, 3.63) is 53.9 Å². The predicted molar refractivity (Wildman–Crippen MR) is 85.9 cm³/mol. The first-order chi connectivity index (χ1) is 10.7. The smallest absolute Gasteiger partial charge is 0.335 e. The highest BCUT2D eigenvalue weighted by molar-refractivity contribution is 5.88. The molecule has 0 unspecified atom stereocenters. The van der Waals surface area contributed by atoms with E-state index in [4.69, 9.17) is 5.11 Å². The van der Waals surface area contributed by atoms with Crippen LogP contribution in [0.15, 0.2) is 42.6 Å². The number of pyridine rings is 1. The van der Waals surface area contributed by atoms with E-state index < -0.39 is 5.97 Å². The van der Waals surface area contributed by atoms with E-state index in [0.717, 1.165) is 42.2 Å². The van der Waals surface area contributed by atoms with Gasteiger partial charge in [0.05, 0.1) is 5.56 Å². The topological polar surface area (TPSA) is 62.2 Å². The van der Waals surface area contributed by atoms with Gasteiger partial charge in [-0.25, -0.2) is 4.79 Å². The first kappa shape index (κ1) is 14.7. The monoisotopic (exact) mass is 296 g/mol. The molecule has 1 fully saturated rings. The van der Waals surface area contributed by atoms with Crippen molar-refractivity contribution in [2.24, 2.45) is 5.92 Å². The average Bonchev–Trinajstić information content (AvgIpc) is 2.57. The van der Waals surface area contributed by atoms with Gasteiger partial charge in [-0.15, -0.1) is 0 Å². The van der Waals surface area contributed by atoms with Gasteiger partial charge in [-0.2, -0.15) is 0 Å². The van der Waals surface area contributed by atoms with Gasteiger partial charge in [0.1, 0.15) is 0 Å². The Morgan fingerprint density at radius 3 is 2.36 bits per heavy atom. The van der Waals surface area contributed by atoms with Crippen LogP contribution in [0.3, 0.4) is 0 Å². The maximum absolute atomic E-state index is 10.9. The molecule has 4 heteroatoms. The van der Waals surface area contributed by atoms with E-state index in [-0.39, 0.29) is 0 Å². The lowest BCUT2D eigenvalue weighted by molar-refractivity contribution is 0.0697. The van der Waals surface area contributed by atoms with Gasteiger partial charge in [-0.3, -0.25) is 4.98 Å². The van der Waals surface area contributed by atoms with Crippen LogP contribution >= 0.6 is 0 Å². The fourth-order valence-corrected chi connectivity index (χ4v) is 2.90. The van der Waals surface area contributed by atoms with Gasteiger partial charge < -0.3 is 10.4 Å². The quantitative estimate of drug-likeness (QED) is 0.910. The molecule has 0 atom stereocenters. The van der Waals surface area contributed by atoms with E-state index in [1.54, 1.807) is 12.1 Å². The molecule has 22 heavy (non-hydrogen) atoms. The van der Waals surface area contributed by atoms with Gasteiger partial charge in [0.15, 0.2) is 0 Å². The second-order valence-electron chi connectivity index (χ2n) is 5.82. The Bertz CT molecular complexity index is 629. The van der Waals surface area contributed by atoms with Crippen molar-refractivity contribution < 1.29 is 9.90 Å². The molecule has 0 spiro atoms. The van der Waals surface area contributed by atoms with Crippen molar-refractivity contribution in [3.63, 3.8) is 0 Å². The Morgan fingerprint density at radius 2 is 1.77 bits per heavy atom. The summed E-state index contributed by atoms with van der Waals surface area (Å²) in [5.41, 5.74) is 3.45. The number of aromatic nitrogens is 1. The van der Waals surface area contributed by atoms with Crippen LogP contribution in [0.5, 0.6) is 0 Å². The molecule has 1 aromatic heterocycles. The molecule has 114 valence electrons. The van der Waals surface area contributed by atoms with Crippen LogP contribution in [0.2, 0.25) is 0 Å². The third kappa shape index (κ3) is 3.52. The number of carboxylic acid groups (broad SMARTS) is 1. The fraction of sp³-hybridized carbons (Fsp3) is 0.333. The number of rotatable bonds is 4. The Labute approximate surface area is 130 Å². The molecule has 1 aliphatic heterocycles. The molecule has 1 saturated heterocycles. The third-order valence-corrected chi connectivity index (χ3v) is 4.25. The van der Waals surface area contributed by atoms with Crippen LogP contribution < -0.4 is 5.32 Å². The summed E-state index contributed by atoms with van der Waals surface area (Å²) in [6.45, 7) is 2.22. The van der Waals surface area contributed by atoms with E-state index in [0.29, 0.717) is 5.56 Å². The standard InChI is InChI=1S/C18H20N2O2/c21-18(22)15-3-1-14(2-4-15)16-5-6-17(20-12-16)11-13-7-9-19-10-8-13/h1-6,12-13,19H,7-11H2,(H,21,22). The van der Waals surface area contributed by atoms with E-state index in [2.05, 4.69) is 22.4 Å². The molecule has 0 bridgehead atoms. The van der Waals surface area contributed by atoms with Gasteiger partial charge in [0, 0.05) is 17.5 Å². The summed E-state index contributed by atoms with van der Waals surface area (Å²) in [5, 5.41) is 12.3. The fourth-order valence-electron chi connectivity index (χ4n) is 2.90. The molecule has 2 heterocycles. The minimum Gasteiger partial charge on any atom is -0.478 e. The van der Waals surface area contributed by atoms with Gasteiger partial charge in [-0.1, -0.05) is 18.2 Å². The lowest BCUT2D eigenvalue weighted by Crippen LogP contribution is -2.28. The van der Waals surface area contributed by atoms with E-state index in [9.17, 15) is 4.79 Å². The highest BCUT2D eigenvalue weighted by Gasteiger charge is 2.14. The minimum atomic E-state index is -0.901. The number of carboxylic acids is 1. The van der Waals surface area contributed by atoms with Crippen LogP contribution in [-0.2, 0) is 6.42 Å². The molecule has 0 amide bonds. The van der Waals surface area contributed by atoms with Crippen molar-refractivity contribution in [1.82, 2.24) is 10.3 Å². The summed E-state index contributed by atoms with van der Waals surface area (Å²) in [7, 11) is 0. The zero-order valence-corrected chi connectivity index (χ0v) is 12.5. The van der Waals surface area contributed by atoms with Crippen molar-refractivity contribution in [3.8, 4) is 11.1 Å². The van der Waals surface area contributed by atoms with Gasteiger partial charge in [-0.05, 0) is 62.0 Å². The maximum Gasteiger partial charge on any atom is 0.335 e. The van der Waals surface area contributed by atoms with Crippen LogP contribution in [0.25, 0.3) is 11.1 Å². The Balaban J connectivity index is 1.69. The van der Waals surface area contributed by atoms with Crippen LogP contribution in [0.1, 0.15) is 28.9 Å². The predicted octanol–water partition coefficient (Wildman–Crippen LogP) is 2.99. The highest BCUT2D eigenvalue weighted by Crippen LogP contribution is 2.21. The molecule has 0 saturated carbocycles. The summed E-state index contributed by atoms with van der Waals surface area (Å²) in [5.74, 6) is -0.170. The second-order valence-corrected chi connectivity index (χ2v) is 5.82. The first-order valence-electron chi connectivity index (χ1n) is 7.72. The average molecular weight is 296 g/mol. The number of piperidine rings is 1. The molecule has 1 aromatic carbocycles. The number of hydrogen-bond acceptors (Lipinski definition) is 3. The summed E-state index contributed by atoms with van der Waals surface area (Å²) in [6, 6.07) is 11.1. The van der Waals surface area contributed by atoms with Crippen LogP contribution in [0.4, 0.5) is 0 Å². The van der Waals surface area contributed by atoms with Gasteiger partial charge >= 0.3 is 5.97 Å². The van der Waals surface area contributed by atoms with E-state index in [1.165, 1.54) is 12.8 Å². The zero-order chi connectivity index (χ0) is 15.4. The SMILES string of the molecule is O=C(O)c1ccc(-c2ccc(CC3CCNCC3)nc2)cc1. The summed E-state index contributed by atoms with van der Waals surface area (Å²) in [6.07, 6.45) is 5.37. The van der Waals surface area contributed by atoms with Gasteiger partial charge in [0.25, 0.3) is 0 Å². The molecular formula is C18H20N2O2. The van der Waals surface area contributed by atoms with Crippen LogP contribution in [0, 0.1) is 5.92 Å². The number of aromatic carboxylic acids is 1. The minimum absolute atomic E-state index is 0.305. The molecule has 1 aliphatic rings. The van der Waals surface area contributed by atoms with Crippen molar-refractivity contribution in [2.45, 2.75) is 19.3 Å². The summed E-state index contributed by atoms with van der Waals surface area (Å²) >= 11 is 0. The van der Waals surface area contributed by atoms with Crippen molar-refractivity contribution >= 4 is 5.97 Å². The lowest BCUT2D eigenvalue weighted by atomic mass is 9.93. The normalized spacial score (nSPS) is 15.6. The second kappa shape index (κ2) is 6.71. The molecule has 0 radical (unpaired) electrons. The summed E-state index contributed by atoms with van der Waals surface area (Å²) in [4.78, 5) is 15.4. The summed E-state index contributed by atoms with van der Waals surface area (Å²) < 4.78 is 0. The molecule has 3 rings (SSSR count). The Kier molecular flexibility index (Phi) is 4.49. The third-order valence-electron chi connectivity index (χ3n) is 4.25. The number of benzene rings is 1. The number of nitrogens with one attached hydrogen (secondary N) is 1. The molecular weight excluding hydrogens is 276 g/mol.